The quantitative estimate of drug-likeness (QED) is 0.878. The molecule has 5 nitrogen and oxygen atoms in total. The van der Waals surface area contributed by atoms with Crippen LogP contribution in [0.25, 0.3) is 0 Å². The number of amides is 1. The fourth-order valence-electron chi connectivity index (χ4n) is 1.98. The van der Waals surface area contributed by atoms with E-state index >= 15 is 0 Å². The number of alkyl halides is 3. The zero-order valence-corrected chi connectivity index (χ0v) is 12.7. The molecule has 0 saturated carbocycles. The van der Waals surface area contributed by atoms with Crippen molar-refractivity contribution in [1.29, 1.82) is 0 Å². The highest BCUT2D eigenvalue weighted by Crippen LogP contribution is 2.36. The SMILES string of the molecule is CC(Oc1ccccc1C(F)(F)F)C(=O)NCc1cc[nH]c(=O)c1. The molecule has 0 aliphatic rings. The van der Waals surface area contributed by atoms with Gasteiger partial charge in [0.05, 0.1) is 5.56 Å². The third-order valence-corrected chi connectivity index (χ3v) is 3.17. The molecule has 0 fully saturated rings. The third kappa shape index (κ3) is 4.61. The van der Waals surface area contributed by atoms with E-state index in [2.05, 4.69) is 10.3 Å². The van der Waals surface area contributed by atoms with Crippen molar-refractivity contribution in [2.75, 3.05) is 0 Å². The summed E-state index contributed by atoms with van der Waals surface area (Å²) in [6, 6.07) is 7.59. The number of nitrogens with one attached hydrogen (secondary N) is 2. The lowest BCUT2D eigenvalue weighted by Crippen LogP contribution is -2.36. The number of pyridine rings is 1. The predicted octanol–water partition coefficient (Wildman–Crippen LogP) is 2.48. The number of H-pyrrole nitrogens is 1. The molecule has 128 valence electrons. The summed E-state index contributed by atoms with van der Waals surface area (Å²) in [7, 11) is 0. The molecular weight excluding hydrogens is 325 g/mol. The first-order valence-corrected chi connectivity index (χ1v) is 7.05. The Bertz CT molecular complexity index is 771. The van der Waals surface area contributed by atoms with Gasteiger partial charge < -0.3 is 15.0 Å². The van der Waals surface area contributed by atoms with Crippen LogP contribution in [0.3, 0.4) is 0 Å². The number of hydrogen-bond donors (Lipinski definition) is 2. The molecule has 1 heterocycles. The van der Waals surface area contributed by atoms with Crippen LogP contribution in [0, 0.1) is 0 Å². The van der Waals surface area contributed by atoms with Gasteiger partial charge in [-0.1, -0.05) is 12.1 Å². The van der Waals surface area contributed by atoms with E-state index in [9.17, 15) is 22.8 Å². The molecule has 1 atom stereocenters. The normalized spacial score (nSPS) is 12.5. The zero-order valence-electron chi connectivity index (χ0n) is 12.7. The minimum atomic E-state index is -4.57. The van der Waals surface area contributed by atoms with Crippen LogP contribution in [-0.2, 0) is 17.5 Å². The Kier molecular flexibility index (Phi) is 5.28. The number of aromatic amines is 1. The van der Waals surface area contributed by atoms with Crippen LogP contribution < -0.4 is 15.6 Å². The largest absolute Gasteiger partial charge is 0.480 e. The summed E-state index contributed by atoms with van der Waals surface area (Å²) < 4.78 is 43.8. The number of aromatic nitrogens is 1. The van der Waals surface area contributed by atoms with Crippen LogP contribution in [0.15, 0.2) is 47.4 Å². The Hall–Kier alpha value is -2.77. The summed E-state index contributed by atoms with van der Waals surface area (Å²) in [5, 5.41) is 2.51. The standard InChI is InChI=1S/C16H15F3N2O3/c1-10(15(23)21-9-11-6-7-20-14(22)8-11)24-13-5-3-2-4-12(13)16(17,18)19/h2-8,10H,9H2,1H3,(H,20,22)(H,21,23). The second kappa shape index (κ2) is 7.20. The molecule has 8 heteroatoms. The van der Waals surface area contributed by atoms with E-state index in [-0.39, 0.29) is 12.1 Å². The fraction of sp³-hybridized carbons (Fsp3) is 0.250. The summed E-state index contributed by atoms with van der Waals surface area (Å²) in [4.78, 5) is 25.5. The Balaban J connectivity index is 2.01. The van der Waals surface area contributed by atoms with Crippen LogP contribution in [-0.4, -0.2) is 17.0 Å². The lowest BCUT2D eigenvalue weighted by molar-refractivity contribution is -0.140. The van der Waals surface area contributed by atoms with Crippen molar-refractivity contribution < 1.29 is 22.7 Å². The monoisotopic (exact) mass is 340 g/mol. The van der Waals surface area contributed by atoms with E-state index in [1.54, 1.807) is 6.07 Å². The van der Waals surface area contributed by atoms with Crippen molar-refractivity contribution in [3.63, 3.8) is 0 Å². The van der Waals surface area contributed by atoms with Crippen LogP contribution >= 0.6 is 0 Å². The Labute approximate surface area is 135 Å². The van der Waals surface area contributed by atoms with Gasteiger partial charge in [-0.15, -0.1) is 0 Å². The average molecular weight is 340 g/mol. The first-order chi connectivity index (χ1) is 11.3. The van der Waals surface area contributed by atoms with E-state index in [1.165, 1.54) is 31.3 Å². The second-order valence-corrected chi connectivity index (χ2v) is 5.03. The minimum Gasteiger partial charge on any atom is -0.480 e. The molecule has 0 aliphatic carbocycles. The van der Waals surface area contributed by atoms with Crippen LogP contribution in [0.1, 0.15) is 18.1 Å². The maximum atomic E-state index is 12.9. The summed E-state index contributed by atoms with van der Waals surface area (Å²) in [6.45, 7) is 1.41. The van der Waals surface area contributed by atoms with Crippen LogP contribution in [0.4, 0.5) is 13.2 Å². The van der Waals surface area contributed by atoms with E-state index in [4.69, 9.17) is 4.74 Å². The molecule has 0 aliphatic heterocycles. The van der Waals surface area contributed by atoms with Gasteiger partial charge in [0, 0.05) is 18.8 Å². The molecule has 0 bridgehead atoms. The Morgan fingerprint density at radius 1 is 1.29 bits per heavy atom. The highest BCUT2D eigenvalue weighted by atomic mass is 19.4. The number of halogens is 3. The lowest BCUT2D eigenvalue weighted by Gasteiger charge is -2.18. The molecule has 24 heavy (non-hydrogen) atoms. The van der Waals surface area contributed by atoms with E-state index in [0.717, 1.165) is 12.1 Å². The molecule has 0 saturated heterocycles. The average Bonchev–Trinajstić information content (AvgIpc) is 2.52. The van der Waals surface area contributed by atoms with E-state index in [0.29, 0.717) is 5.56 Å². The highest BCUT2D eigenvalue weighted by molar-refractivity contribution is 5.80. The Morgan fingerprint density at radius 3 is 2.67 bits per heavy atom. The summed E-state index contributed by atoms with van der Waals surface area (Å²) >= 11 is 0. The molecule has 1 unspecified atom stereocenters. The molecule has 1 aromatic carbocycles. The number of benzene rings is 1. The minimum absolute atomic E-state index is 0.0668. The van der Waals surface area contributed by atoms with Gasteiger partial charge in [-0.25, -0.2) is 0 Å². The van der Waals surface area contributed by atoms with Crippen molar-refractivity contribution in [2.24, 2.45) is 0 Å². The molecule has 1 aromatic heterocycles. The number of rotatable bonds is 5. The molecule has 0 radical (unpaired) electrons. The van der Waals surface area contributed by atoms with Crippen molar-refractivity contribution in [3.8, 4) is 5.75 Å². The van der Waals surface area contributed by atoms with Gasteiger partial charge in [0.1, 0.15) is 5.75 Å². The number of hydrogen-bond acceptors (Lipinski definition) is 3. The van der Waals surface area contributed by atoms with Gasteiger partial charge in [0.15, 0.2) is 6.10 Å². The molecule has 2 aromatic rings. The van der Waals surface area contributed by atoms with Crippen molar-refractivity contribution in [1.82, 2.24) is 10.3 Å². The van der Waals surface area contributed by atoms with Gasteiger partial charge in [-0.05, 0) is 30.7 Å². The smallest absolute Gasteiger partial charge is 0.419 e. The summed E-state index contributed by atoms with van der Waals surface area (Å²) in [5.41, 5.74) is -0.695. The number of carbonyl (C=O) groups excluding carboxylic acids is 1. The first kappa shape index (κ1) is 17.6. The fourth-order valence-corrected chi connectivity index (χ4v) is 1.98. The van der Waals surface area contributed by atoms with Gasteiger partial charge in [0.2, 0.25) is 5.56 Å². The Morgan fingerprint density at radius 2 is 2.00 bits per heavy atom. The van der Waals surface area contributed by atoms with Gasteiger partial charge in [-0.3, -0.25) is 9.59 Å². The topological polar surface area (TPSA) is 71.2 Å². The molecular formula is C16H15F3N2O3. The first-order valence-electron chi connectivity index (χ1n) is 7.05. The van der Waals surface area contributed by atoms with Gasteiger partial charge in [0.25, 0.3) is 5.91 Å². The van der Waals surface area contributed by atoms with Crippen LogP contribution in [0.2, 0.25) is 0 Å². The number of para-hydroxylation sites is 1. The lowest BCUT2D eigenvalue weighted by atomic mass is 10.2. The van der Waals surface area contributed by atoms with Gasteiger partial charge >= 0.3 is 6.18 Å². The summed E-state index contributed by atoms with van der Waals surface area (Å²) in [6.07, 6.45) is -4.27. The second-order valence-electron chi connectivity index (χ2n) is 5.03. The molecule has 2 N–H and O–H groups in total. The maximum absolute atomic E-state index is 12.9. The van der Waals surface area contributed by atoms with Crippen molar-refractivity contribution in [2.45, 2.75) is 25.7 Å². The van der Waals surface area contributed by atoms with E-state index < -0.39 is 29.5 Å². The number of carbonyl (C=O) groups is 1. The highest BCUT2D eigenvalue weighted by Gasteiger charge is 2.34. The van der Waals surface area contributed by atoms with Gasteiger partial charge in [-0.2, -0.15) is 13.2 Å². The van der Waals surface area contributed by atoms with E-state index in [1.807, 2.05) is 0 Å². The predicted molar refractivity (Wildman–Crippen MR) is 80.4 cm³/mol. The molecule has 2 rings (SSSR count). The maximum Gasteiger partial charge on any atom is 0.419 e. The molecule has 1 amide bonds. The summed E-state index contributed by atoms with van der Waals surface area (Å²) in [5.74, 6) is -1.00. The molecule has 0 spiro atoms. The van der Waals surface area contributed by atoms with Crippen LogP contribution in [0.5, 0.6) is 5.75 Å². The van der Waals surface area contributed by atoms with Crippen molar-refractivity contribution >= 4 is 5.91 Å². The third-order valence-electron chi connectivity index (χ3n) is 3.17. The zero-order chi connectivity index (χ0) is 17.7. The van der Waals surface area contributed by atoms with Crippen molar-refractivity contribution in [3.05, 3.63) is 64.1 Å². The number of ether oxygens (including phenoxy) is 1.